The summed E-state index contributed by atoms with van der Waals surface area (Å²) in [5.41, 5.74) is -0.275. The van der Waals surface area contributed by atoms with Gasteiger partial charge in [-0.05, 0) is 69.8 Å². The molecule has 6 heterocycles. The summed E-state index contributed by atoms with van der Waals surface area (Å²) in [5.74, 6) is -2.54. The van der Waals surface area contributed by atoms with Crippen LogP contribution in [0, 0.1) is 23.7 Å². The number of methoxy groups -OCH3 is 2. The molecule has 0 saturated carbocycles. The van der Waals surface area contributed by atoms with Gasteiger partial charge in [0, 0.05) is 58.3 Å². The van der Waals surface area contributed by atoms with Crippen molar-refractivity contribution in [2.45, 2.75) is 197 Å². The third kappa shape index (κ3) is 10.3. The van der Waals surface area contributed by atoms with Gasteiger partial charge < -0.3 is 62.9 Å². The maximum absolute atomic E-state index is 14.4. The van der Waals surface area contributed by atoms with E-state index in [0.717, 1.165) is 12.0 Å². The molecule has 0 aromatic carbocycles. The third-order valence-electron chi connectivity index (χ3n) is 15.7. The molecule has 4 saturated heterocycles. The van der Waals surface area contributed by atoms with Gasteiger partial charge in [0.1, 0.15) is 35.9 Å². The molecule has 7 aliphatic rings. The van der Waals surface area contributed by atoms with E-state index in [2.05, 4.69) is 65.6 Å². The number of carbonyl (C=O) groups excluding carboxylic acids is 1. The summed E-state index contributed by atoms with van der Waals surface area (Å²) in [6, 6.07) is 0. The normalized spacial score (nSPS) is 48.0. The number of hydrogen-bond acceptors (Lipinski definition) is 14. The lowest BCUT2D eigenvalue weighted by Crippen LogP contribution is -2.65. The fraction of sp³-hybridized carbons (Fsp3) is 0.750. The lowest BCUT2D eigenvalue weighted by Gasteiger charge is -2.49. The van der Waals surface area contributed by atoms with Crippen molar-refractivity contribution >= 4 is 5.97 Å². The largest absolute Gasteiger partial charge is 0.462 e. The zero-order chi connectivity index (χ0) is 47.7. The van der Waals surface area contributed by atoms with Crippen LogP contribution < -0.4 is 5.32 Å². The van der Waals surface area contributed by atoms with Gasteiger partial charge in [-0.2, -0.15) is 0 Å². The van der Waals surface area contributed by atoms with Gasteiger partial charge in [0.15, 0.2) is 18.4 Å². The van der Waals surface area contributed by atoms with Gasteiger partial charge >= 0.3 is 5.97 Å². The molecular weight excluding hydrogens is 847 g/mol. The van der Waals surface area contributed by atoms with Crippen LogP contribution in [0.15, 0.2) is 71.9 Å². The summed E-state index contributed by atoms with van der Waals surface area (Å²) in [6.07, 6.45) is 12.1. The Balaban J connectivity index is 1.16. The van der Waals surface area contributed by atoms with Gasteiger partial charge in [-0.1, -0.05) is 76.6 Å². The van der Waals surface area contributed by atoms with Crippen LogP contribution in [-0.2, 0) is 52.2 Å². The van der Waals surface area contributed by atoms with E-state index in [0.29, 0.717) is 49.8 Å². The van der Waals surface area contributed by atoms with Crippen LogP contribution in [0.5, 0.6) is 0 Å². The minimum atomic E-state index is -1.83. The Bertz CT molecular complexity index is 1870. The second-order valence-corrected chi connectivity index (χ2v) is 20.3. The predicted octanol–water partition coefficient (Wildman–Crippen LogP) is 6.55. The summed E-state index contributed by atoms with van der Waals surface area (Å²) < 4.78 is 65.2. The lowest BCUT2D eigenvalue weighted by molar-refractivity contribution is -0.317. The Labute approximate surface area is 393 Å². The van der Waals surface area contributed by atoms with E-state index >= 15 is 0 Å². The lowest BCUT2D eigenvalue weighted by atomic mass is 9.71. The summed E-state index contributed by atoms with van der Waals surface area (Å²) >= 11 is 0. The van der Waals surface area contributed by atoms with Crippen molar-refractivity contribution in [2.75, 3.05) is 27.4 Å². The second-order valence-electron chi connectivity index (χ2n) is 20.3. The highest BCUT2D eigenvalue weighted by Crippen LogP contribution is 2.47. The number of ether oxygens (including phenoxy) is 10. The van der Waals surface area contributed by atoms with Crippen molar-refractivity contribution in [3.63, 3.8) is 0 Å². The number of esters is 1. The van der Waals surface area contributed by atoms with E-state index in [9.17, 15) is 15.0 Å². The van der Waals surface area contributed by atoms with Crippen LogP contribution in [-0.4, -0.2) is 140 Å². The van der Waals surface area contributed by atoms with E-state index in [1.165, 1.54) is 0 Å². The highest BCUT2D eigenvalue weighted by molar-refractivity contribution is 5.78. The van der Waals surface area contributed by atoms with Gasteiger partial charge in [-0.15, -0.1) is 6.58 Å². The standard InChI is InChI=1S/C52H79NO13/c1-13-22-53-50(10)35(9)61-43(26-41(50)58-12)64-47-34(8)60-42(25-40(47)57-11)63-45-30(4)16-15-17-36-28-59-48-44(54)33(7)23-39(52(36,48)56)49(55)62-38-24-37(19-18-31(45)5)65-51(27-38)21-20-32(6)46(66-51)29(3)14-2/h13,15-18,20-21,23,29-30,32,34-35,37-48,53-54,56H,1,14,19,22,24-28H2,2-12H3/b16-15+,31-18+,36-17+/t29?,30?,32-,34-,35-,37+,38-,39-,40-,41-,42?,43?,44+,45-,46+,47-,48+,50-,51+,52+/m0/s1. The van der Waals surface area contributed by atoms with Crippen molar-refractivity contribution in [3.05, 3.63) is 71.9 Å². The van der Waals surface area contributed by atoms with Crippen LogP contribution in [0.3, 0.4) is 0 Å². The minimum absolute atomic E-state index is 0.0366. The molecule has 7 rings (SSSR count). The second kappa shape index (κ2) is 21.2. The average Bonchev–Trinajstić information content (AvgIpc) is 3.63. The predicted molar refractivity (Wildman–Crippen MR) is 248 cm³/mol. The Morgan fingerprint density at radius 2 is 1.74 bits per heavy atom. The first-order valence-corrected chi connectivity index (χ1v) is 24.4. The van der Waals surface area contributed by atoms with E-state index in [1.807, 2.05) is 38.2 Å². The smallest absolute Gasteiger partial charge is 0.316 e. The Hall–Kier alpha value is -2.57. The molecule has 4 fully saturated rings. The maximum atomic E-state index is 14.4. The van der Waals surface area contributed by atoms with Crippen molar-refractivity contribution < 1.29 is 62.4 Å². The summed E-state index contributed by atoms with van der Waals surface area (Å²) in [6.45, 7) is 23.0. The molecule has 1 aliphatic carbocycles. The molecule has 14 heteroatoms. The zero-order valence-electron chi connectivity index (χ0n) is 41.2. The number of hydrogen-bond donors (Lipinski definition) is 3. The zero-order valence-corrected chi connectivity index (χ0v) is 41.2. The van der Waals surface area contributed by atoms with Crippen molar-refractivity contribution in [3.8, 4) is 0 Å². The van der Waals surface area contributed by atoms with Crippen molar-refractivity contribution in [2.24, 2.45) is 23.7 Å². The molecular formula is C52H79NO13. The molecule has 6 aliphatic heterocycles. The molecule has 2 bridgehead atoms. The molecule has 66 heavy (non-hydrogen) atoms. The van der Waals surface area contributed by atoms with E-state index in [-0.39, 0.29) is 54.9 Å². The van der Waals surface area contributed by atoms with Crippen LogP contribution in [0.25, 0.3) is 0 Å². The fourth-order valence-corrected chi connectivity index (χ4v) is 11.3. The molecule has 3 N–H and O–H groups in total. The van der Waals surface area contributed by atoms with Crippen LogP contribution in [0.4, 0.5) is 0 Å². The topological polar surface area (TPSA) is 162 Å². The molecule has 0 aromatic rings. The number of fused-ring (bicyclic) bond motifs is 2. The first-order valence-electron chi connectivity index (χ1n) is 24.4. The van der Waals surface area contributed by atoms with E-state index in [1.54, 1.807) is 33.3 Å². The Morgan fingerprint density at radius 3 is 2.45 bits per heavy atom. The number of aliphatic hydroxyl groups is 2. The molecule has 20 atom stereocenters. The Morgan fingerprint density at radius 1 is 0.985 bits per heavy atom. The average molecular weight is 926 g/mol. The molecule has 0 radical (unpaired) electrons. The van der Waals surface area contributed by atoms with Crippen LogP contribution >= 0.6 is 0 Å². The van der Waals surface area contributed by atoms with E-state index < -0.39 is 78.0 Å². The Kier molecular flexibility index (Phi) is 16.5. The molecule has 4 unspecified atom stereocenters. The SMILES string of the molecule is C=CCN[C@@]1(C)[C@H](C)OC(O[C@H]2[C@H](C)OC(O[C@@H]3/C(C)=C/C[C@@H]4C[C@@H](C[C@]5(C=C[C@H](C)[C@@H](C(C)CC)O5)O4)OC(=O)[C@@H]4C=C(C)[C@@H](O)[C@H]5OC/C(=C\C=C\C3C)[C@]54O)C[C@@H]2OC)C[C@@H]1OC. The van der Waals surface area contributed by atoms with E-state index in [4.69, 9.17) is 47.4 Å². The summed E-state index contributed by atoms with van der Waals surface area (Å²) in [7, 11) is 3.40. The van der Waals surface area contributed by atoms with Crippen molar-refractivity contribution in [1.82, 2.24) is 5.32 Å². The van der Waals surface area contributed by atoms with Gasteiger partial charge in [0.05, 0.1) is 54.9 Å². The highest BCUT2D eigenvalue weighted by atomic mass is 16.7. The summed E-state index contributed by atoms with van der Waals surface area (Å²) in [5, 5.41) is 27.3. The third-order valence-corrected chi connectivity index (χ3v) is 15.7. The number of carbonyl (C=O) groups is 1. The maximum Gasteiger partial charge on any atom is 0.316 e. The molecule has 0 amide bonds. The monoisotopic (exact) mass is 926 g/mol. The quantitative estimate of drug-likeness (QED) is 0.151. The van der Waals surface area contributed by atoms with Gasteiger partial charge in [0.25, 0.3) is 0 Å². The molecule has 370 valence electrons. The molecule has 14 nitrogen and oxygen atoms in total. The number of aliphatic hydroxyl groups excluding tert-OH is 1. The number of allylic oxidation sites excluding steroid dienone is 2. The number of nitrogens with one attached hydrogen (secondary N) is 1. The minimum Gasteiger partial charge on any atom is -0.462 e. The first-order chi connectivity index (χ1) is 31.4. The molecule has 1 spiro atoms. The molecule has 0 aromatic heterocycles. The van der Waals surface area contributed by atoms with Gasteiger partial charge in [0.2, 0.25) is 0 Å². The summed E-state index contributed by atoms with van der Waals surface area (Å²) in [4.78, 5) is 14.4. The van der Waals surface area contributed by atoms with Crippen LogP contribution in [0.2, 0.25) is 0 Å². The highest BCUT2D eigenvalue weighted by Gasteiger charge is 2.60. The van der Waals surface area contributed by atoms with Gasteiger partial charge in [-0.25, -0.2) is 0 Å². The van der Waals surface area contributed by atoms with Crippen molar-refractivity contribution in [1.29, 1.82) is 0 Å². The van der Waals surface area contributed by atoms with Gasteiger partial charge in [-0.3, -0.25) is 4.79 Å². The first kappa shape index (κ1) is 51.3. The van der Waals surface area contributed by atoms with Crippen LogP contribution in [0.1, 0.15) is 101 Å². The number of rotatable bonds is 11. The fourth-order valence-electron chi connectivity index (χ4n) is 11.3.